The Hall–Kier alpha value is -0.260. The molecule has 0 amide bonds. The smallest absolute Gasteiger partial charge is 0.0318 e. The van der Waals surface area contributed by atoms with Crippen LogP contribution in [0.4, 0.5) is 0 Å². The number of hydrogen-bond acceptors (Lipinski definition) is 0. The van der Waals surface area contributed by atoms with E-state index in [4.69, 9.17) is 0 Å². The summed E-state index contributed by atoms with van der Waals surface area (Å²) in [7, 11) is 0. The number of rotatable bonds is 7. The minimum atomic E-state index is 1.02. The summed E-state index contributed by atoms with van der Waals surface area (Å²) < 4.78 is 0. The molecular formula is C15H28. The molecule has 1 atom stereocenters. The van der Waals surface area contributed by atoms with Crippen LogP contribution in [0.25, 0.3) is 0 Å². The second kappa shape index (κ2) is 7.96. The molecule has 0 aliphatic heterocycles. The van der Waals surface area contributed by atoms with E-state index < -0.39 is 0 Å². The number of unbranched alkanes of at least 4 members (excludes halogenated alkanes) is 3. The van der Waals surface area contributed by atoms with E-state index in [0.717, 1.165) is 5.92 Å². The topological polar surface area (TPSA) is 0 Å². The molecule has 1 rings (SSSR count). The Labute approximate surface area is 96.2 Å². The summed E-state index contributed by atoms with van der Waals surface area (Å²) in [6, 6.07) is 0. The van der Waals surface area contributed by atoms with E-state index in [1.807, 2.05) is 0 Å². The van der Waals surface area contributed by atoms with E-state index in [-0.39, 0.29) is 0 Å². The van der Waals surface area contributed by atoms with Gasteiger partial charge in [0.1, 0.15) is 0 Å². The van der Waals surface area contributed by atoms with Crippen LogP contribution in [-0.2, 0) is 0 Å². The molecular weight excluding hydrogens is 180 g/mol. The van der Waals surface area contributed by atoms with Crippen LogP contribution >= 0.6 is 0 Å². The van der Waals surface area contributed by atoms with Crippen LogP contribution in [0.1, 0.15) is 78.1 Å². The lowest BCUT2D eigenvalue weighted by molar-refractivity contribution is 0.412. The standard InChI is InChI=1S/C15H28/c1-3-5-7-9-15-12-10-14(11-13-15)8-6-4-2/h10,15H,3-9,11-13H2,1-2H3. The summed E-state index contributed by atoms with van der Waals surface area (Å²) in [6.45, 7) is 4.58. The normalized spacial score (nSPS) is 21.5. The van der Waals surface area contributed by atoms with E-state index in [2.05, 4.69) is 19.9 Å². The molecule has 0 saturated heterocycles. The highest BCUT2D eigenvalue weighted by Gasteiger charge is 2.13. The average Bonchev–Trinajstić information content (AvgIpc) is 2.28. The molecule has 0 bridgehead atoms. The van der Waals surface area contributed by atoms with Gasteiger partial charge in [-0.1, -0.05) is 57.6 Å². The monoisotopic (exact) mass is 208 g/mol. The van der Waals surface area contributed by atoms with Gasteiger partial charge in [0.05, 0.1) is 0 Å². The Morgan fingerprint density at radius 3 is 2.53 bits per heavy atom. The first kappa shape index (κ1) is 12.8. The molecule has 0 radical (unpaired) electrons. The fourth-order valence-electron chi connectivity index (χ4n) is 2.52. The van der Waals surface area contributed by atoms with Crippen molar-refractivity contribution >= 4 is 0 Å². The van der Waals surface area contributed by atoms with Gasteiger partial charge in [-0.2, -0.15) is 0 Å². The summed E-state index contributed by atoms with van der Waals surface area (Å²) in [5.74, 6) is 1.02. The molecule has 1 unspecified atom stereocenters. The van der Waals surface area contributed by atoms with Crippen molar-refractivity contribution in [2.24, 2.45) is 5.92 Å². The van der Waals surface area contributed by atoms with Crippen LogP contribution in [0.3, 0.4) is 0 Å². The van der Waals surface area contributed by atoms with Crippen molar-refractivity contribution in [1.82, 2.24) is 0 Å². The van der Waals surface area contributed by atoms with Gasteiger partial charge in [0.15, 0.2) is 0 Å². The summed E-state index contributed by atoms with van der Waals surface area (Å²) >= 11 is 0. The average molecular weight is 208 g/mol. The number of allylic oxidation sites excluding steroid dienone is 2. The van der Waals surface area contributed by atoms with Crippen molar-refractivity contribution in [2.75, 3.05) is 0 Å². The van der Waals surface area contributed by atoms with Crippen LogP contribution in [0.2, 0.25) is 0 Å². The van der Waals surface area contributed by atoms with E-state index >= 15 is 0 Å². The quantitative estimate of drug-likeness (QED) is 0.384. The molecule has 0 fully saturated rings. The zero-order valence-corrected chi connectivity index (χ0v) is 10.7. The first-order valence-electron chi connectivity index (χ1n) is 7.04. The van der Waals surface area contributed by atoms with Crippen molar-refractivity contribution < 1.29 is 0 Å². The Morgan fingerprint density at radius 1 is 1.13 bits per heavy atom. The molecule has 0 N–H and O–H groups in total. The van der Waals surface area contributed by atoms with Gasteiger partial charge in [-0.15, -0.1) is 0 Å². The highest BCUT2D eigenvalue weighted by molar-refractivity contribution is 5.06. The molecule has 0 spiro atoms. The number of hydrogen-bond donors (Lipinski definition) is 0. The van der Waals surface area contributed by atoms with Crippen LogP contribution in [-0.4, -0.2) is 0 Å². The van der Waals surface area contributed by atoms with Gasteiger partial charge in [0.25, 0.3) is 0 Å². The van der Waals surface area contributed by atoms with Gasteiger partial charge < -0.3 is 0 Å². The fourth-order valence-corrected chi connectivity index (χ4v) is 2.52. The van der Waals surface area contributed by atoms with Gasteiger partial charge in [-0.3, -0.25) is 0 Å². The predicted molar refractivity (Wildman–Crippen MR) is 69.1 cm³/mol. The minimum Gasteiger partial charge on any atom is -0.0851 e. The second-order valence-electron chi connectivity index (χ2n) is 5.10. The minimum absolute atomic E-state index is 1.02. The molecule has 0 saturated carbocycles. The summed E-state index contributed by atoms with van der Waals surface area (Å²) in [5.41, 5.74) is 1.75. The molecule has 0 aromatic heterocycles. The van der Waals surface area contributed by atoms with Crippen LogP contribution < -0.4 is 0 Å². The third-order valence-corrected chi connectivity index (χ3v) is 3.68. The molecule has 0 nitrogen and oxygen atoms in total. The van der Waals surface area contributed by atoms with Gasteiger partial charge in [0, 0.05) is 0 Å². The lowest BCUT2D eigenvalue weighted by Gasteiger charge is -2.21. The summed E-state index contributed by atoms with van der Waals surface area (Å²) in [4.78, 5) is 0. The van der Waals surface area contributed by atoms with E-state index in [9.17, 15) is 0 Å². The van der Waals surface area contributed by atoms with E-state index in [1.165, 1.54) is 64.2 Å². The molecule has 0 heteroatoms. The fraction of sp³-hybridized carbons (Fsp3) is 0.867. The lowest BCUT2D eigenvalue weighted by Crippen LogP contribution is -2.05. The van der Waals surface area contributed by atoms with E-state index in [1.54, 1.807) is 5.57 Å². The maximum atomic E-state index is 2.55. The third-order valence-electron chi connectivity index (χ3n) is 3.68. The molecule has 88 valence electrons. The Kier molecular flexibility index (Phi) is 6.80. The van der Waals surface area contributed by atoms with E-state index in [0.29, 0.717) is 0 Å². The van der Waals surface area contributed by atoms with Gasteiger partial charge >= 0.3 is 0 Å². The second-order valence-corrected chi connectivity index (χ2v) is 5.10. The van der Waals surface area contributed by atoms with Crippen LogP contribution in [0, 0.1) is 5.92 Å². The Balaban J connectivity index is 2.13. The lowest BCUT2D eigenvalue weighted by atomic mass is 9.84. The molecule has 1 aliphatic carbocycles. The first-order chi connectivity index (χ1) is 7.36. The summed E-state index contributed by atoms with van der Waals surface area (Å²) in [5, 5.41) is 0. The highest BCUT2D eigenvalue weighted by atomic mass is 14.2. The van der Waals surface area contributed by atoms with Gasteiger partial charge in [0.2, 0.25) is 0 Å². The largest absolute Gasteiger partial charge is 0.0851 e. The molecule has 0 aromatic carbocycles. The third kappa shape index (κ3) is 5.39. The Bertz CT molecular complexity index is 178. The van der Waals surface area contributed by atoms with Gasteiger partial charge in [-0.25, -0.2) is 0 Å². The van der Waals surface area contributed by atoms with Crippen molar-refractivity contribution in [3.63, 3.8) is 0 Å². The molecule has 15 heavy (non-hydrogen) atoms. The highest BCUT2D eigenvalue weighted by Crippen LogP contribution is 2.29. The van der Waals surface area contributed by atoms with Crippen molar-refractivity contribution in [2.45, 2.75) is 78.1 Å². The van der Waals surface area contributed by atoms with Crippen molar-refractivity contribution in [1.29, 1.82) is 0 Å². The maximum Gasteiger partial charge on any atom is -0.0318 e. The van der Waals surface area contributed by atoms with Crippen molar-refractivity contribution in [3.05, 3.63) is 11.6 Å². The van der Waals surface area contributed by atoms with Crippen LogP contribution in [0.15, 0.2) is 11.6 Å². The molecule has 0 heterocycles. The Morgan fingerprint density at radius 2 is 1.93 bits per heavy atom. The SMILES string of the molecule is CCCCCC1CC=C(CCCC)CC1. The molecule has 1 aliphatic rings. The zero-order valence-electron chi connectivity index (χ0n) is 10.7. The summed E-state index contributed by atoms with van der Waals surface area (Å²) in [6.07, 6.45) is 16.6. The van der Waals surface area contributed by atoms with Crippen molar-refractivity contribution in [3.8, 4) is 0 Å². The van der Waals surface area contributed by atoms with Crippen LogP contribution in [0.5, 0.6) is 0 Å². The predicted octanol–water partition coefficient (Wildman–Crippen LogP) is 5.48. The molecule has 0 aromatic rings. The zero-order chi connectivity index (χ0) is 10.9. The van der Waals surface area contributed by atoms with Gasteiger partial charge in [-0.05, 0) is 38.0 Å². The first-order valence-corrected chi connectivity index (χ1v) is 7.04. The maximum absolute atomic E-state index is 2.55.